The van der Waals surface area contributed by atoms with E-state index in [0.717, 1.165) is 6.07 Å². The molecule has 0 aliphatic heterocycles. The van der Waals surface area contributed by atoms with Crippen molar-refractivity contribution in [1.82, 2.24) is 5.32 Å². The van der Waals surface area contributed by atoms with Gasteiger partial charge >= 0.3 is 18.2 Å². The number of carboxylic acids is 1. The minimum absolute atomic E-state index is 0.168. The molecule has 0 spiro atoms. The number of alkyl carbamates (subject to hydrolysis) is 1. The number of halogens is 3. The number of aliphatic carboxylic acids is 1. The number of benzene rings is 1. The van der Waals surface area contributed by atoms with Crippen LogP contribution < -0.4 is 10.6 Å². The van der Waals surface area contributed by atoms with Gasteiger partial charge in [0.2, 0.25) is 0 Å². The molecule has 1 amide bonds. The van der Waals surface area contributed by atoms with Gasteiger partial charge in [0.25, 0.3) is 5.69 Å². The van der Waals surface area contributed by atoms with Gasteiger partial charge in [0, 0.05) is 12.6 Å². The minimum atomic E-state index is -4.74. The highest BCUT2D eigenvalue weighted by atomic mass is 19.4. The number of nitro benzene ring substituents is 1. The molecule has 0 fully saturated rings. The number of ether oxygens (including phenoxy) is 1. The van der Waals surface area contributed by atoms with E-state index in [-0.39, 0.29) is 18.7 Å². The predicted molar refractivity (Wildman–Crippen MR) is 92.0 cm³/mol. The van der Waals surface area contributed by atoms with E-state index in [1.165, 1.54) is 0 Å². The van der Waals surface area contributed by atoms with Crippen LogP contribution in [-0.4, -0.2) is 40.3 Å². The van der Waals surface area contributed by atoms with E-state index >= 15 is 0 Å². The van der Waals surface area contributed by atoms with Gasteiger partial charge in [-0.1, -0.05) is 0 Å². The molecule has 1 aromatic carbocycles. The monoisotopic (exact) mass is 407 g/mol. The van der Waals surface area contributed by atoms with Crippen LogP contribution in [0.4, 0.5) is 29.3 Å². The van der Waals surface area contributed by atoms with Crippen LogP contribution in [0.3, 0.4) is 0 Å². The van der Waals surface area contributed by atoms with Gasteiger partial charge in [-0.25, -0.2) is 9.59 Å². The SMILES string of the molecule is CC(C)(C)OC(=O)N[C@@H](CCNc1ccc(C(F)(F)F)cc1[N+](=O)[O-])C(=O)O. The Labute approximate surface area is 158 Å². The molecule has 1 aromatic rings. The van der Waals surface area contributed by atoms with Gasteiger partial charge in [0.15, 0.2) is 0 Å². The lowest BCUT2D eigenvalue weighted by Gasteiger charge is -2.22. The summed E-state index contributed by atoms with van der Waals surface area (Å²) in [5.74, 6) is -1.37. The lowest BCUT2D eigenvalue weighted by molar-refractivity contribution is -0.384. The molecule has 3 N–H and O–H groups in total. The van der Waals surface area contributed by atoms with E-state index in [9.17, 15) is 32.9 Å². The minimum Gasteiger partial charge on any atom is -0.480 e. The highest BCUT2D eigenvalue weighted by Crippen LogP contribution is 2.34. The number of nitro groups is 1. The van der Waals surface area contributed by atoms with E-state index in [2.05, 4.69) is 10.6 Å². The van der Waals surface area contributed by atoms with Crippen LogP contribution in [0.15, 0.2) is 18.2 Å². The first-order chi connectivity index (χ1) is 12.7. The second-order valence-corrected chi connectivity index (χ2v) is 6.74. The third-order valence-corrected chi connectivity index (χ3v) is 3.26. The van der Waals surface area contributed by atoms with E-state index < -0.39 is 46.1 Å². The van der Waals surface area contributed by atoms with Crippen LogP contribution in [0.1, 0.15) is 32.8 Å². The molecule has 0 aromatic heterocycles. The highest BCUT2D eigenvalue weighted by molar-refractivity contribution is 5.80. The maximum atomic E-state index is 12.7. The summed E-state index contributed by atoms with van der Waals surface area (Å²) < 4.78 is 43.0. The Balaban J connectivity index is 2.80. The zero-order chi connectivity index (χ0) is 21.7. The molecule has 0 saturated heterocycles. The molecule has 0 saturated carbocycles. The summed E-state index contributed by atoms with van der Waals surface area (Å²) in [4.78, 5) is 32.9. The number of alkyl halides is 3. The van der Waals surface area contributed by atoms with Crippen molar-refractivity contribution in [1.29, 1.82) is 0 Å². The van der Waals surface area contributed by atoms with Crippen molar-refractivity contribution < 1.29 is 37.5 Å². The maximum absolute atomic E-state index is 12.7. The Hall–Kier alpha value is -3.05. The summed E-state index contributed by atoms with van der Waals surface area (Å²) in [5, 5.41) is 24.8. The van der Waals surface area contributed by atoms with Crippen molar-refractivity contribution in [3.8, 4) is 0 Å². The van der Waals surface area contributed by atoms with Gasteiger partial charge < -0.3 is 20.5 Å². The number of carbonyl (C=O) groups is 2. The van der Waals surface area contributed by atoms with Crippen molar-refractivity contribution in [3.63, 3.8) is 0 Å². The smallest absolute Gasteiger partial charge is 0.416 e. The summed E-state index contributed by atoms with van der Waals surface area (Å²) in [6.07, 6.45) is -5.90. The van der Waals surface area contributed by atoms with Crippen LogP contribution >= 0.6 is 0 Å². The fourth-order valence-electron chi connectivity index (χ4n) is 2.07. The average molecular weight is 407 g/mol. The number of nitrogens with zero attached hydrogens (tertiary/aromatic N) is 1. The van der Waals surface area contributed by atoms with Gasteiger partial charge in [-0.3, -0.25) is 10.1 Å². The zero-order valence-corrected chi connectivity index (χ0v) is 15.3. The van der Waals surface area contributed by atoms with Gasteiger partial charge in [-0.05, 0) is 39.3 Å². The molecule has 1 rings (SSSR count). The Morgan fingerprint density at radius 2 is 1.89 bits per heavy atom. The number of rotatable bonds is 7. The number of hydrogen-bond acceptors (Lipinski definition) is 6. The van der Waals surface area contributed by atoms with Crippen LogP contribution in [0, 0.1) is 10.1 Å². The molecular formula is C16H20F3N3O6. The summed E-state index contributed by atoms with van der Waals surface area (Å²) in [5.41, 5.74) is -3.03. The van der Waals surface area contributed by atoms with Gasteiger partial charge in [0.1, 0.15) is 17.3 Å². The first-order valence-corrected chi connectivity index (χ1v) is 8.02. The fourth-order valence-corrected chi connectivity index (χ4v) is 2.07. The molecule has 0 heterocycles. The second kappa shape index (κ2) is 8.76. The third-order valence-electron chi connectivity index (χ3n) is 3.26. The van der Waals surface area contributed by atoms with Gasteiger partial charge in [-0.2, -0.15) is 13.2 Å². The Kier molecular flexibility index (Phi) is 7.19. The molecule has 12 heteroatoms. The number of hydrogen-bond donors (Lipinski definition) is 3. The first-order valence-electron chi connectivity index (χ1n) is 8.02. The summed E-state index contributed by atoms with van der Waals surface area (Å²) in [7, 11) is 0. The largest absolute Gasteiger partial charge is 0.480 e. The molecule has 0 unspecified atom stereocenters. The van der Waals surface area contributed by atoms with E-state index in [1.54, 1.807) is 20.8 Å². The predicted octanol–water partition coefficient (Wildman–Crippen LogP) is 3.39. The van der Waals surface area contributed by atoms with Crippen LogP contribution in [0.25, 0.3) is 0 Å². The maximum Gasteiger partial charge on any atom is 0.416 e. The average Bonchev–Trinajstić information content (AvgIpc) is 2.50. The van der Waals surface area contributed by atoms with Crippen molar-refractivity contribution in [2.24, 2.45) is 0 Å². The molecule has 0 aliphatic rings. The standard InChI is InChI=1S/C16H20F3N3O6/c1-15(2,3)28-14(25)21-11(13(23)24)6-7-20-10-5-4-9(16(17,18)19)8-12(10)22(26)27/h4-5,8,11,20H,6-7H2,1-3H3,(H,21,25)(H,23,24)/t11-/m0/s1. The zero-order valence-electron chi connectivity index (χ0n) is 15.3. The lowest BCUT2D eigenvalue weighted by Crippen LogP contribution is -2.44. The topological polar surface area (TPSA) is 131 Å². The van der Waals surface area contributed by atoms with E-state index in [4.69, 9.17) is 9.84 Å². The van der Waals surface area contributed by atoms with E-state index in [1.807, 2.05) is 0 Å². The molecule has 28 heavy (non-hydrogen) atoms. The molecule has 0 aliphatic carbocycles. The van der Waals surface area contributed by atoms with E-state index in [0.29, 0.717) is 12.1 Å². The lowest BCUT2D eigenvalue weighted by atomic mass is 10.1. The normalized spacial score (nSPS) is 12.8. The van der Waals surface area contributed by atoms with Crippen molar-refractivity contribution in [3.05, 3.63) is 33.9 Å². The van der Waals surface area contributed by atoms with Crippen molar-refractivity contribution >= 4 is 23.4 Å². The highest BCUT2D eigenvalue weighted by Gasteiger charge is 2.33. The van der Waals surface area contributed by atoms with Crippen LogP contribution in [0.5, 0.6) is 0 Å². The number of amides is 1. The number of anilines is 1. The molecule has 1 atom stereocenters. The Morgan fingerprint density at radius 3 is 2.36 bits per heavy atom. The summed E-state index contributed by atoms with van der Waals surface area (Å²) >= 11 is 0. The first kappa shape index (κ1) is 23.0. The summed E-state index contributed by atoms with van der Waals surface area (Å²) in [6.45, 7) is 4.61. The van der Waals surface area contributed by atoms with Crippen LogP contribution in [0.2, 0.25) is 0 Å². The quantitative estimate of drug-likeness (QED) is 0.466. The number of carbonyl (C=O) groups excluding carboxylic acids is 1. The second-order valence-electron chi connectivity index (χ2n) is 6.74. The van der Waals surface area contributed by atoms with Crippen molar-refractivity contribution in [2.75, 3.05) is 11.9 Å². The Bertz CT molecular complexity index is 746. The molecule has 156 valence electrons. The Morgan fingerprint density at radius 1 is 1.29 bits per heavy atom. The van der Waals surface area contributed by atoms with Crippen molar-refractivity contribution in [2.45, 2.75) is 45.0 Å². The number of carboxylic acid groups (broad SMARTS) is 1. The molecular weight excluding hydrogens is 387 g/mol. The number of nitrogens with one attached hydrogen (secondary N) is 2. The van der Waals surface area contributed by atoms with Crippen LogP contribution in [-0.2, 0) is 15.7 Å². The molecule has 9 nitrogen and oxygen atoms in total. The van der Waals surface area contributed by atoms with Gasteiger partial charge in [-0.15, -0.1) is 0 Å². The fraction of sp³-hybridized carbons (Fsp3) is 0.500. The molecule has 0 radical (unpaired) electrons. The summed E-state index contributed by atoms with van der Waals surface area (Å²) in [6, 6.07) is 0.576. The third kappa shape index (κ3) is 7.29. The van der Waals surface area contributed by atoms with Gasteiger partial charge in [0.05, 0.1) is 10.5 Å². The molecule has 0 bridgehead atoms.